The molecule has 1 aliphatic rings. The van der Waals surface area contributed by atoms with Gasteiger partial charge in [-0.1, -0.05) is 0 Å². The first-order valence-electron chi connectivity index (χ1n) is 4.60. The van der Waals surface area contributed by atoms with Crippen molar-refractivity contribution in [3.8, 4) is 0 Å². The number of hydrogen-bond acceptors (Lipinski definition) is 5. The van der Waals surface area contributed by atoms with Crippen LogP contribution in [0.4, 0.5) is 5.82 Å². The Hall–Kier alpha value is -1.69. The Kier molecular flexibility index (Phi) is 1.60. The highest BCUT2D eigenvalue weighted by Gasteiger charge is 2.16. The summed E-state index contributed by atoms with van der Waals surface area (Å²) in [5.41, 5.74) is 4.04. The molecule has 1 saturated heterocycles. The molecule has 0 saturated carbocycles. The van der Waals surface area contributed by atoms with Gasteiger partial charge in [0.25, 0.3) is 0 Å². The molecule has 0 aromatic carbocycles. The fraction of sp³-hybridized carbons (Fsp3) is 0.375. The van der Waals surface area contributed by atoms with Crippen LogP contribution in [0.25, 0.3) is 5.65 Å². The molecule has 0 atom stereocenters. The first-order chi connectivity index (χ1) is 6.95. The van der Waals surface area contributed by atoms with E-state index in [9.17, 15) is 0 Å². The van der Waals surface area contributed by atoms with E-state index in [2.05, 4.69) is 20.6 Å². The van der Waals surface area contributed by atoms with Gasteiger partial charge in [0, 0.05) is 25.5 Å². The highest BCUT2D eigenvalue weighted by molar-refractivity contribution is 5.62. The molecule has 0 aliphatic carbocycles. The Morgan fingerprint density at radius 1 is 1.43 bits per heavy atom. The van der Waals surface area contributed by atoms with E-state index in [1.165, 1.54) is 0 Å². The van der Waals surface area contributed by atoms with E-state index in [0.29, 0.717) is 0 Å². The second-order valence-electron chi connectivity index (χ2n) is 3.23. The third-order valence-corrected chi connectivity index (χ3v) is 2.31. The molecule has 14 heavy (non-hydrogen) atoms. The van der Waals surface area contributed by atoms with Crippen molar-refractivity contribution in [2.24, 2.45) is 0 Å². The van der Waals surface area contributed by atoms with Crippen LogP contribution in [0.3, 0.4) is 0 Å². The summed E-state index contributed by atoms with van der Waals surface area (Å²) < 4.78 is 1.86. The summed E-state index contributed by atoms with van der Waals surface area (Å²) in [6.45, 7) is 1.97. The lowest BCUT2D eigenvalue weighted by Gasteiger charge is -2.15. The molecule has 72 valence electrons. The molecule has 2 aromatic heterocycles. The van der Waals surface area contributed by atoms with E-state index in [1.807, 2.05) is 15.6 Å². The normalized spacial score (nSPS) is 16.7. The van der Waals surface area contributed by atoms with Gasteiger partial charge in [-0.05, 0) is 6.42 Å². The molecule has 0 amide bonds. The van der Waals surface area contributed by atoms with Gasteiger partial charge in [-0.15, -0.1) is 10.2 Å². The third-order valence-electron chi connectivity index (χ3n) is 2.31. The van der Waals surface area contributed by atoms with Gasteiger partial charge >= 0.3 is 0 Å². The van der Waals surface area contributed by atoms with Crippen LogP contribution in [0.1, 0.15) is 6.42 Å². The van der Waals surface area contributed by atoms with Crippen LogP contribution in [0.2, 0.25) is 0 Å². The first kappa shape index (κ1) is 7.69. The van der Waals surface area contributed by atoms with E-state index >= 15 is 0 Å². The molecule has 6 heteroatoms. The summed E-state index contributed by atoms with van der Waals surface area (Å²) in [6, 6.07) is 0. The number of nitrogens with zero attached hydrogens (tertiary/aromatic N) is 5. The zero-order valence-corrected chi connectivity index (χ0v) is 7.59. The lowest BCUT2D eigenvalue weighted by molar-refractivity contribution is 0.772. The monoisotopic (exact) mass is 190 g/mol. The van der Waals surface area contributed by atoms with Gasteiger partial charge in [0.15, 0.2) is 5.82 Å². The van der Waals surface area contributed by atoms with E-state index in [0.717, 1.165) is 31.0 Å². The zero-order valence-electron chi connectivity index (χ0n) is 7.59. The number of nitrogens with one attached hydrogen (secondary N) is 1. The van der Waals surface area contributed by atoms with Gasteiger partial charge in [0.05, 0.1) is 0 Å². The van der Waals surface area contributed by atoms with Crippen LogP contribution in [0, 0.1) is 0 Å². The lowest BCUT2D eigenvalue weighted by atomic mass is 10.4. The molecule has 6 nitrogen and oxygen atoms in total. The summed E-state index contributed by atoms with van der Waals surface area (Å²) in [5.74, 6) is 0.850. The maximum atomic E-state index is 4.30. The Bertz CT molecular complexity index is 444. The average molecular weight is 190 g/mol. The largest absolute Gasteiger partial charge is 0.289 e. The van der Waals surface area contributed by atoms with Gasteiger partial charge in [0.2, 0.25) is 5.65 Å². The second kappa shape index (κ2) is 2.91. The van der Waals surface area contributed by atoms with Crippen molar-refractivity contribution in [3.05, 3.63) is 18.7 Å². The predicted molar refractivity (Wildman–Crippen MR) is 50.7 cm³/mol. The molecule has 3 rings (SSSR count). The van der Waals surface area contributed by atoms with E-state index in [1.54, 1.807) is 12.5 Å². The molecule has 1 fully saturated rings. The van der Waals surface area contributed by atoms with Crippen molar-refractivity contribution in [3.63, 3.8) is 0 Å². The predicted octanol–water partition coefficient (Wildman–Crippen LogP) is -0.161. The summed E-state index contributed by atoms with van der Waals surface area (Å²) in [6.07, 6.45) is 6.41. The van der Waals surface area contributed by atoms with Crippen molar-refractivity contribution < 1.29 is 0 Å². The third kappa shape index (κ3) is 1.04. The Labute approximate surface area is 80.5 Å². The molecule has 1 aliphatic heterocycles. The van der Waals surface area contributed by atoms with Crippen LogP contribution >= 0.6 is 0 Å². The standard InChI is InChI=1S/C8H10N6/c1-2-11-14(4-1)7-8-12-10-6-13(8)5-3-9-7/h3,5-6,11H,1-2,4H2. The molecule has 2 aromatic rings. The maximum absolute atomic E-state index is 4.30. The van der Waals surface area contributed by atoms with Crippen molar-refractivity contribution in [2.45, 2.75) is 6.42 Å². The smallest absolute Gasteiger partial charge is 0.205 e. The van der Waals surface area contributed by atoms with E-state index in [4.69, 9.17) is 0 Å². The zero-order chi connectivity index (χ0) is 9.38. The minimum Gasteiger partial charge on any atom is -0.289 e. The van der Waals surface area contributed by atoms with Crippen LogP contribution in [-0.4, -0.2) is 32.7 Å². The lowest BCUT2D eigenvalue weighted by Crippen LogP contribution is -2.31. The van der Waals surface area contributed by atoms with Crippen molar-refractivity contribution in [2.75, 3.05) is 18.1 Å². The summed E-state index contributed by atoms with van der Waals surface area (Å²) in [4.78, 5) is 4.30. The van der Waals surface area contributed by atoms with E-state index in [-0.39, 0.29) is 0 Å². The topological polar surface area (TPSA) is 58.4 Å². The quantitative estimate of drug-likeness (QED) is 0.677. The second-order valence-corrected chi connectivity index (χ2v) is 3.23. The Morgan fingerprint density at radius 3 is 3.29 bits per heavy atom. The number of rotatable bonds is 1. The van der Waals surface area contributed by atoms with E-state index < -0.39 is 0 Å². The minimum absolute atomic E-state index is 0.793. The molecular formula is C8H10N6. The summed E-state index contributed by atoms with van der Waals surface area (Å²) in [5, 5.41) is 9.90. The molecule has 0 spiro atoms. The first-order valence-corrected chi connectivity index (χ1v) is 4.60. The van der Waals surface area contributed by atoms with Crippen LogP contribution in [-0.2, 0) is 0 Å². The molecule has 0 bridgehead atoms. The number of fused-ring (bicyclic) bond motifs is 1. The number of anilines is 1. The van der Waals surface area contributed by atoms with Crippen LogP contribution < -0.4 is 10.4 Å². The fourth-order valence-electron chi connectivity index (χ4n) is 1.65. The van der Waals surface area contributed by atoms with Gasteiger partial charge < -0.3 is 0 Å². The molecule has 0 unspecified atom stereocenters. The Morgan fingerprint density at radius 2 is 2.43 bits per heavy atom. The SMILES string of the molecule is c1cn2cnnc2c(N2CCCN2)n1. The molecule has 1 N–H and O–H groups in total. The van der Waals surface area contributed by atoms with Gasteiger partial charge in [-0.3, -0.25) is 9.41 Å². The van der Waals surface area contributed by atoms with Gasteiger partial charge in [0.1, 0.15) is 6.33 Å². The Balaban J connectivity index is 2.14. The van der Waals surface area contributed by atoms with Crippen molar-refractivity contribution in [1.82, 2.24) is 25.0 Å². The molecule has 3 heterocycles. The highest BCUT2D eigenvalue weighted by atomic mass is 15.5. The summed E-state index contributed by atoms with van der Waals surface area (Å²) in [7, 11) is 0. The molecular weight excluding hydrogens is 180 g/mol. The van der Waals surface area contributed by atoms with Crippen molar-refractivity contribution in [1.29, 1.82) is 0 Å². The highest BCUT2D eigenvalue weighted by Crippen LogP contribution is 2.16. The fourth-order valence-corrected chi connectivity index (χ4v) is 1.65. The maximum Gasteiger partial charge on any atom is 0.205 e. The van der Waals surface area contributed by atoms with Gasteiger partial charge in [-0.25, -0.2) is 10.4 Å². The molecule has 0 radical (unpaired) electrons. The van der Waals surface area contributed by atoms with Crippen LogP contribution in [0.15, 0.2) is 18.7 Å². The number of aromatic nitrogens is 4. The minimum atomic E-state index is 0.793. The van der Waals surface area contributed by atoms with Crippen LogP contribution in [0.5, 0.6) is 0 Å². The van der Waals surface area contributed by atoms with Gasteiger partial charge in [-0.2, -0.15) is 0 Å². The number of hydrogen-bond donors (Lipinski definition) is 1. The summed E-state index contributed by atoms with van der Waals surface area (Å²) >= 11 is 0. The number of hydrazine groups is 1. The van der Waals surface area contributed by atoms with Crippen molar-refractivity contribution >= 4 is 11.5 Å². The average Bonchev–Trinajstić information content (AvgIpc) is 2.88.